The Hall–Kier alpha value is -1.42. The Morgan fingerprint density at radius 1 is 0.464 bits per heavy atom. The van der Waals surface area contributed by atoms with Crippen molar-refractivity contribution in [3.8, 4) is 0 Å². The van der Waals surface area contributed by atoms with Crippen LogP contribution in [0.4, 0.5) is 35.1 Å². The van der Waals surface area contributed by atoms with Crippen molar-refractivity contribution in [3.05, 3.63) is 58.7 Å². The molecule has 28 heavy (non-hydrogen) atoms. The van der Waals surface area contributed by atoms with Gasteiger partial charge < -0.3 is 0 Å². The van der Waals surface area contributed by atoms with Crippen molar-refractivity contribution < 1.29 is 35.1 Å². The molecule has 2 rings (SSSR count). The third-order valence-corrected chi connectivity index (χ3v) is 5.95. The van der Waals surface area contributed by atoms with Crippen LogP contribution >= 0.6 is 23.5 Å². The minimum Gasteiger partial charge on any atom is -0.204 e. The fourth-order valence-electron chi connectivity index (χ4n) is 2.26. The lowest BCUT2D eigenvalue weighted by molar-refractivity contribution is 0.426. The van der Waals surface area contributed by atoms with E-state index in [0.29, 0.717) is 49.2 Å². The molecule has 10 heteroatoms. The molecule has 0 unspecified atom stereocenters. The molecule has 0 nitrogen and oxygen atoms in total. The summed E-state index contributed by atoms with van der Waals surface area (Å²) in [4.78, 5) is -1.43. The maximum Gasteiger partial charge on any atom is 0.175 e. The SMILES string of the molecule is Fc1cc(F)c(F)c(SCCCCCCSc2c(F)c(F)cc(F)c2F)c1F. The molecular formula is C18H14F8S2. The molecule has 0 saturated carbocycles. The monoisotopic (exact) mass is 446 g/mol. The Morgan fingerprint density at radius 3 is 1.04 bits per heavy atom. The van der Waals surface area contributed by atoms with E-state index in [0.717, 1.165) is 0 Å². The van der Waals surface area contributed by atoms with E-state index in [1.54, 1.807) is 0 Å². The average Bonchev–Trinajstić information content (AvgIpc) is 2.65. The van der Waals surface area contributed by atoms with E-state index in [1.807, 2.05) is 0 Å². The molecule has 0 bridgehead atoms. The molecule has 0 N–H and O–H groups in total. The van der Waals surface area contributed by atoms with Crippen LogP contribution in [0.2, 0.25) is 0 Å². The zero-order valence-electron chi connectivity index (χ0n) is 14.2. The van der Waals surface area contributed by atoms with E-state index in [2.05, 4.69) is 0 Å². The fraction of sp³-hybridized carbons (Fsp3) is 0.333. The number of rotatable bonds is 9. The Balaban J connectivity index is 1.72. The van der Waals surface area contributed by atoms with Crippen molar-refractivity contribution in [3.63, 3.8) is 0 Å². The molecule has 0 aromatic heterocycles. The zero-order chi connectivity index (χ0) is 20.8. The van der Waals surface area contributed by atoms with Crippen LogP contribution < -0.4 is 0 Å². The molecule has 0 heterocycles. The van der Waals surface area contributed by atoms with Crippen molar-refractivity contribution in [2.45, 2.75) is 35.5 Å². The lowest BCUT2D eigenvalue weighted by Crippen LogP contribution is -1.98. The number of hydrogen-bond donors (Lipinski definition) is 0. The van der Waals surface area contributed by atoms with Crippen LogP contribution in [-0.4, -0.2) is 11.5 Å². The van der Waals surface area contributed by atoms with E-state index in [1.165, 1.54) is 0 Å². The summed E-state index contributed by atoms with van der Waals surface area (Å²) in [6, 6.07) is 0.283. The summed E-state index contributed by atoms with van der Waals surface area (Å²) in [6.07, 6.45) is 2.11. The molecular weight excluding hydrogens is 432 g/mol. The van der Waals surface area contributed by atoms with Crippen LogP contribution in [0.3, 0.4) is 0 Å². The number of thioether (sulfide) groups is 2. The topological polar surface area (TPSA) is 0 Å². The summed E-state index contributed by atoms with van der Waals surface area (Å²) in [6.45, 7) is 0. The largest absolute Gasteiger partial charge is 0.204 e. The molecule has 0 radical (unpaired) electrons. The van der Waals surface area contributed by atoms with Gasteiger partial charge in [-0.05, 0) is 24.3 Å². The average molecular weight is 446 g/mol. The number of benzene rings is 2. The maximum atomic E-state index is 13.5. The molecule has 0 aliphatic rings. The van der Waals surface area contributed by atoms with Gasteiger partial charge in [0, 0.05) is 12.1 Å². The van der Waals surface area contributed by atoms with Gasteiger partial charge in [-0.3, -0.25) is 0 Å². The maximum absolute atomic E-state index is 13.5. The van der Waals surface area contributed by atoms with E-state index in [4.69, 9.17) is 0 Å². The Kier molecular flexibility index (Phi) is 8.48. The molecule has 0 spiro atoms. The highest BCUT2D eigenvalue weighted by atomic mass is 32.2. The first-order valence-corrected chi connectivity index (χ1v) is 10.1. The molecule has 0 atom stereocenters. The van der Waals surface area contributed by atoms with Crippen LogP contribution in [0.5, 0.6) is 0 Å². The van der Waals surface area contributed by atoms with Crippen LogP contribution in [0, 0.1) is 46.5 Å². The standard InChI is InChI=1S/C18H14F8S2/c19-9-7-10(20)14(24)17(13(9)23)27-5-3-1-2-4-6-28-18-15(25)11(21)8-12(22)16(18)26/h7-8H,1-6H2. The van der Waals surface area contributed by atoms with Crippen LogP contribution in [0.1, 0.15) is 25.7 Å². The lowest BCUT2D eigenvalue weighted by Gasteiger charge is -2.07. The molecule has 0 aliphatic heterocycles. The summed E-state index contributed by atoms with van der Waals surface area (Å²) < 4.78 is 106. The first-order chi connectivity index (χ1) is 13.2. The lowest BCUT2D eigenvalue weighted by atomic mass is 10.2. The molecule has 0 amide bonds. The quantitative estimate of drug-likeness (QED) is 0.172. The van der Waals surface area contributed by atoms with Gasteiger partial charge in [0.05, 0.1) is 9.79 Å². The van der Waals surface area contributed by atoms with Crippen LogP contribution in [0.15, 0.2) is 21.9 Å². The van der Waals surface area contributed by atoms with Gasteiger partial charge in [0.25, 0.3) is 0 Å². The molecule has 0 saturated heterocycles. The van der Waals surface area contributed by atoms with Crippen LogP contribution in [-0.2, 0) is 0 Å². The Bertz CT molecular complexity index is 719. The minimum absolute atomic E-state index is 0.141. The first kappa shape index (κ1) is 22.9. The highest BCUT2D eigenvalue weighted by Crippen LogP contribution is 2.31. The highest BCUT2D eigenvalue weighted by Gasteiger charge is 2.20. The van der Waals surface area contributed by atoms with Crippen molar-refractivity contribution in [2.75, 3.05) is 11.5 Å². The normalized spacial score (nSPS) is 11.3. The second-order valence-electron chi connectivity index (χ2n) is 5.71. The summed E-state index contributed by atoms with van der Waals surface area (Å²) in [5.74, 6) is -11.2. The Labute approximate surface area is 164 Å². The van der Waals surface area contributed by atoms with Gasteiger partial charge in [-0.15, -0.1) is 23.5 Å². The van der Waals surface area contributed by atoms with Gasteiger partial charge in [-0.2, -0.15) is 0 Å². The van der Waals surface area contributed by atoms with Crippen molar-refractivity contribution >= 4 is 23.5 Å². The third kappa shape index (κ3) is 5.56. The third-order valence-electron chi connectivity index (χ3n) is 3.67. The highest BCUT2D eigenvalue weighted by molar-refractivity contribution is 7.99. The van der Waals surface area contributed by atoms with E-state index in [-0.39, 0.29) is 23.6 Å². The Morgan fingerprint density at radius 2 is 0.750 bits per heavy atom. The predicted molar refractivity (Wildman–Crippen MR) is 92.5 cm³/mol. The summed E-state index contributed by atoms with van der Waals surface area (Å²) in [7, 11) is 0. The number of unbranched alkanes of at least 4 members (excludes halogenated alkanes) is 3. The molecule has 154 valence electrons. The predicted octanol–water partition coefficient (Wildman–Crippen LogP) is 7.24. The second-order valence-corrected chi connectivity index (χ2v) is 7.92. The van der Waals surface area contributed by atoms with Gasteiger partial charge >= 0.3 is 0 Å². The van der Waals surface area contributed by atoms with Crippen LogP contribution in [0.25, 0.3) is 0 Å². The fourth-order valence-corrected chi connectivity index (χ4v) is 4.26. The molecule has 2 aromatic carbocycles. The van der Waals surface area contributed by atoms with Gasteiger partial charge in [-0.1, -0.05) is 12.8 Å². The van der Waals surface area contributed by atoms with E-state index >= 15 is 0 Å². The van der Waals surface area contributed by atoms with E-state index < -0.39 is 56.3 Å². The van der Waals surface area contributed by atoms with Gasteiger partial charge in [0.15, 0.2) is 46.5 Å². The van der Waals surface area contributed by atoms with Crippen molar-refractivity contribution in [1.82, 2.24) is 0 Å². The zero-order valence-corrected chi connectivity index (χ0v) is 15.9. The van der Waals surface area contributed by atoms with Gasteiger partial charge in [-0.25, -0.2) is 35.1 Å². The van der Waals surface area contributed by atoms with Crippen molar-refractivity contribution in [2.24, 2.45) is 0 Å². The first-order valence-electron chi connectivity index (χ1n) is 8.15. The molecule has 0 fully saturated rings. The van der Waals surface area contributed by atoms with Gasteiger partial charge in [0.1, 0.15) is 0 Å². The second kappa shape index (κ2) is 10.4. The van der Waals surface area contributed by atoms with E-state index in [9.17, 15) is 35.1 Å². The summed E-state index contributed by atoms with van der Waals surface area (Å²) >= 11 is 1.30. The summed E-state index contributed by atoms with van der Waals surface area (Å²) in [5, 5.41) is 0. The molecule has 2 aromatic rings. The van der Waals surface area contributed by atoms with Gasteiger partial charge in [0.2, 0.25) is 0 Å². The minimum atomic E-state index is -1.47. The molecule has 0 aliphatic carbocycles. The van der Waals surface area contributed by atoms with Crippen molar-refractivity contribution in [1.29, 1.82) is 0 Å². The smallest absolute Gasteiger partial charge is 0.175 e. The number of halogens is 8. The summed E-state index contributed by atoms with van der Waals surface area (Å²) in [5.41, 5.74) is 0. The number of hydrogen-bond acceptors (Lipinski definition) is 2.